The molecule has 0 unspecified atom stereocenters. The Morgan fingerprint density at radius 3 is 2.78 bits per heavy atom. The predicted molar refractivity (Wildman–Crippen MR) is 38.4 cm³/mol. The fraction of sp³-hybridized carbons (Fsp3) is 1.00. The van der Waals surface area contributed by atoms with Crippen LogP contribution < -0.4 is 5.32 Å². The van der Waals surface area contributed by atoms with Gasteiger partial charge in [0.1, 0.15) is 0 Å². The second kappa shape index (κ2) is 2.30. The number of hydrogen-bond donors (Lipinski definition) is 1. The summed E-state index contributed by atoms with van der Waals surface area (Å²) < 4.78 is 0. The van der Waals surface area contributed by atoms with Gasteiger partial charge in [-0.15, -0.1) is 0 Å². The van der Waals surface area contributed by atoms with E-state index in [2.05, 4.69) is 5.32 Å². The van der Waals surface area contributed by atoms with E-state index in [1.54, 1.807) is 0 Å². The maximum absolute atomic E-state index is 3.56. The third-order valence-electron chi connectivity index (χ3n) is 2.83. The average Bonchev–Trinajstić information content (AvgIpc) is 2.33. The van der Waals surface area contributed by atoms with Gasteiger partial charge in [0, 0.05) is 6.04 Å². The van der Waals surface area contributed by atoms with Gasteiger partial charge in [-0.2, -0.15) is 0 Å². The molecule has 1 heterocycles. The Labute approximate surface area is 56.8 Å². The fourth-order valence-corrected chi connectivity index (χ4v) is 2.28. The summed E-state index contributed by atoms with van der Waals surface area (Å²) in [6.45, 7) is 1.29. The van der Waals surface area contributed by atoms with Crippen molar-refractivity contribution in [1.82, 2.24) is 5.32 Å². The molecule has 1 aliphatic carbocycles. The largest absolute Gasteiger partial charge is 0.314 e. The summed E-state index contributed by atoms with van der Waals surface area (Å²) in [7, 11) is 0. The Morgan fingerprint density at radius 1 is 1.00 bits per heavy atom. The van der Waals surface area contributed by atoms with E-state index in [1.807, 2.05) is 0 Å². The van der Waals surface area contributed by atoms with Crippen molar-refractivity contribution < 1.29 is 0 Å². The molecule has 2 aliphatic rings. The van der Waals surface area contributed by atoms with Crippen LogP contribution in [0.1, 0.15) is 32.1 Å². The first-order valence-electron chi connectivity index (χ1n) is 4.20. The van der Waals surface area contributed by atoms with E-state index in [0.717, 1.165) is 12.0 Å². The van der Waals surface area contributed by atoms with Crippen LogP contribution in [-0.2, 0) is 0 Å². The Balaban J connectivity index is 1.97. The van der Waals surface area contributed by atoms with Crippen molar-refractivity contribution in [3.63, 3.8) is 0 Å². The fourth-order valence-electron chi connectivity index (χ4n) is 2.28. The van der Waals surface area contributed by atoms with Crippen molar-refractivity contribution in [2.24, 2.45) is 5.92 Å². The molecule has 0 aromatic heterocycles. The lowest BCUT2D eigenvalue weighted by Crippen LogP contribution is -2.29. The molecule has 1 aliphatic heterocycles. The van der Waals surface area contributed by atoms with Crippen molar-refractivity contribution in [1.29, 1.82) is 0 Å². The summed E-state index contributed by atoms with van der Waals surface area (Å²) in [4.78, 5) is 0. The van der Waals surface area contributed by atoms with Gasteiger partial charge in [-0.25, -0.2) is 0 Å². The minimum absolute atomic E-state index is 0.916. The van der Waals surface area contributed by atoms with Crippen LogP contribution in [0.15, 0.2) is 0 Å². The van der Waals surface area contributed by atoms with Gasteiger partial charge in [0.05, 0.1) is 0 Å². The summed E-state index contributed by atoms with van der Waals surface area (Å²) in [5.41, 5.74) is 0. The van der Waals surface area contributed by atoms with E-state index in [9.17, 15) is 0 Å². The van der Waals surface area contributed by atoms with E-state index in [-0.39, 0.29) is 0 Å². The highest BCUT2D eigenvalue weighted by Crippen LogP contribution is 2.29. The molecule has 2 atom stereocenters. The van der Waals surface area contributed by atoms with Gasteiger partial charge >= 0.3 is 0 Å². The monoisotopic (exact) mass is 125 g/mol. The van der Waals surface area contributed by atoms with E-state index in [4.69, 9.17) is 0 Å². The topological polar surface area (TPSA) is 12.0 Å². The SMILES string of the molecule is C1CC[C@H]2NCC[C@@H]2C1. The van der Waals surface area contributed by atoms with Gasteiger partial charge < -0.3 is 5.32 Å². The summed E-state index contributed by atoms with van der Waals surface area (Å²) >= 11 is 0. The summed E-state index contributed by atoms with van der Waals surface area (Å²) in [5.74, 6) is 1.05. The molecule has 0 bridgehead atoms. The molecule has 1 saturated carbocycles. The zero-order valence-corrected chi connectivity index (χ0v) is 5.90. The van der Waals surface area contributed by atoms with Gasteiger partial charge in [0.15, 0.2) is 0 Å². The smallest absolute Gasteiger partial charge is 0.00958 e. The first kappa shape index (κ1) is 5.72. The molecule has 0 radical (unpaired) electrons. The van der Waals surface area contributed by atoms with Gasteiger partial charge in [0.2, 0.25) is 0 Å². The van der Waals surface area contributed by atoms with Crippen LogP contribution in [0.4, 0.5) is 0 Å². The quantitative estimate of drug-likeness (QED) is 0.518. The van der Waals surface area contributed by atoms with Gasteiger partial charge in [-0.05, 0) is 31.7 Å². The van der Waals surface area contributed by atoms with E-state index in [1.165, 1.54) is 38.6 Å². The normalized spacial score (nSPS) is 42.7. The molecule has 1 saturated heterocycles. The number of hydrogen-bond acceptors (Lipinski definition) is 1. The third-order valence-corrected chi connectivity index (χ3v) is 2.83. The lowest BCUT2D eigenvalue weighted by atomic mass is 9.86. The van der Waals surface area contributed by atoms with Crippen LogP contribution in [0, 0.1) is 5.92 Å². The van der Waals surface area contributed by atoms with Crippen molar-refractivity contribution in [3.8, 4) is 0 Å². The van der Waals surface area contributed by atoms with Crippen LogP contribution >= 0.6 is 0 Å². The number of nitrogens with one attached hydrogen (secondary N) is 1. The minimum atomic E-state index is 0.916. The molecule has 9 heavy (non-hydrogen) atoms. The first-order valence-corrected chi connectivity index (χ1v) is 4.20. The Morgan fingerprint density at radius 2 is 1.89 bits per heavy atom. The molecule has 0 aromatic carbocycles. The van der Waals surface area contributed by atoms with Crippen LogP contribution in [0.25, 0.3) is 0 Å². The standard InChI is InChI=1S/C8H15N/c1-2-4-8-7(3-1)5-6-9-8/h7-9H,1-6H2/t7-,8+/m0/s1. The highest BCUT2D eigenvalue weighted by molar-refractivity contribution is 4.86. The molecule has 1 heteroatoms. The van der Waals surface area contributed by atoms with Crippen molar-refractivity contribution in [2.75, 3.05) is 6.54 Å². The number of fused-ring (bicyclic) bond motifs is 1. The molecule has 1 N–H and O–H groups in total. The number of rotatable bonds is 0. The maximum atomic E-state index is 3.56. The first-order chi connectivity index (χ1) is 4.47. The van der Waals surface area contributed by atoms with Gasteiger partial charge in [-0.3, -0.25) is 0 Å². The second-order valence-electron chi connectivity index (χ2n) is 3.39. The zero-order chi connectivity index (χ0) is 6.10. The molecule has 1 nitrogen and oxygen atoms in total. The lowest BCUT2D eigenvalue weighted by Gasteiger charge is -2.24. The summed E-state index contributed by atoms with van der Waals surface area (Å²) in [5, 5.41) is 3.56. The van der Waals surface area contributed by atoms with Gasteiger partial charge in [-0.1, -0.05) is 12.8 Å². The van der Waals surface area contributed by atoms with E-state index in [0.29, 0.717) is 0 Å². The zero-order valence-electron chi connectivity index (χ0n) is 5.90. The van der Waals surface area contributed by atoms with E-state index < -0.39 is 0 Å². The van der Waals surface area contributed by atoms with Crippen LogP contribution in [-0.4, -0.2) is 12.6 Å². The van der Waals surface area contributed by atoms with Crippen LogP contribution in [0.3, 0.4) is 0 Å². The van der Waals surface area contributed by atoms with Crippen LogP contribution in [0.5, 0.6) is 0 Å². The lowest BCUT2D eigenvalue weighted by molar-refractivity contribution is 0.326. The van der Waals surface area contributed by atoms with Crippen molar-refractivity contribution >= 4 is 0 Å². The molecule has 52 valence electrons. The summed E-state index contributed by atoms with van der Waals surface area (Å²) in [6.07, 6.45) is 7.35. The molecular formula is C8H15N. The second-order valence-corrected chi connectivity index (χ2v) is 3.39. The molecule has 0 amide bonds. The van der Waals surface area contributed by atoms with E-state index >= 15 is 0 Å². The summed E-state index contributed by atoms with van der Waals surface area (Å²) in [6, 6.07) is 0.916. The van der Waals surface area contributed by atoms with Gasteiger partial charge in [0.25, 0.3) is 0 Å². The molecule has 2 fully saturated rings. The molecular weight excluding hydrogens is 110 g/mol. The Bertz CT molecular complexity index is 88.7. The average molecular weight is 125 g/mol. The maximum Gasteiger partial charge on any atom is 0.00958 e. The van der Waals surface area contributed by atoms with Crippen LogP contribution in [0.2, 0.25) is 0 Å². The van der Waals surface area contributed by atoms with Crippen molar-refractivity contribution in [2.45, 2.75) is 38.1 Å². The van der Waals surface area contributed by atoms with Crippen molar-refractivity contribution in [3.05, 3.63) is 0 Å². The highest BCUT2D eigenvalue weighted by atomic mass is 15.0. The minimum Gasteiger partial charge on any atom is -0.314 e. The Kier molecular flexibility index (Phi) is 1.46. The molecule has 0 aromatic rings. The Hall–Kier alpha value is -0.0400. The predicted octanol–water partition coefficient (Wildman–Crippen LogP) is 1.54. The highest BCUT2D eigenvalue weighted by Gasteiger charge is 2.28. The molecule has 0 spiro atoms. The molecule has 2 rings (SSSR count). The third kappa shape index (κ3) is 0.983.